The molecule has 2 aromatic carbocycles. The van der Waals surface area contributed by atoms with E-state index < -0.39 is 27.2 Å². The predicted octanol–water partition coefficient (Wildman–Crippen LogP) is 3.36. The number of hydrogen-bond donors (Lipinski definition) is 3. The van der Waals surface area contributed by atoms with Gasteiger partial charge in [-0.15, -0.1) is 5.10 Å². The number of halogens is 2. The van der Waals surface area contributed by atoms with Gasteiger partial charge in [-0.05, 0) is 72.5 Å². The van der Waals surface area contributed by atoms with Gasteiger partial charge in [-0.1, -0.05) is 0 Å². The molecule has 3 atom stereocenters. The summed E-state index contributed by atoms with van der Waals surface area (Å²) in [5.74, 6) is -2.08. The maximum atomic E-state index is 13.6. The van der Waals surface area contributed by atoms with Crippen LogP contribution in [0.2, 0.25) is 0 Å². The van der Waals surface area contributed by atoms with Crippen LogP contribution in [0, 0.1) is 35.8 Å². The van der Waals surface area contributed by atoms with E-state index in [1.807, 2.05) is 13.0 Å². The second-order valence-electron chi connectivity index (χ2n) is 10.5. The fraction of sp³-hybridized carbons (Fsp3) is 0.250. The van der Waals surface area contributed by atoms with Gasteiger partial charge in [0.05, 0.1) is 18.3 Å². The monoisotopic (exact) mass is 592 g/mol. The van der Waals surface area contributed by atoms with Crippen molar-refractivity contribution < 1.29 is 22.0 Å². The molecule has 6 rings (SSSR count). The Morgan fingerprint density at radius 1 is 1.12 bits per heavy atom. The molecule has 2 aromatic heterocycles. The van der Waals surface area contributed by atoms with E-state index in [-0.39, 0.29) is 41.6 Å². The number of nitrogens with one attached hydrogen (secondary N) is 3. The standard InChI is InChI=1S/C28H26F2N8O3S/c1-16-9-23(34-20-6-3-18(29)4-7-20)17(11-31)10-21(16)28-15-38(42(40,41)25-13-33-37(2)36-25)14-22(28)26(28)27(39)35-24-8-5-19(30)12-32-24/h3-13,22,26,31,34H,14-15H2,1-2H3,(H,32,35,39)/t22-,26+,28+/m0/s1. The molecule has 0 bridgehead atoms. The minimum atomic E-state index is -3.99. The van der Waals surface area contributed by atoms with Crippen LogP contribution in [0.15, 0.2) is 66.0 Å². The van der Waals surface area contributed by atoms with Crippen LogP contribution >= 0.6 is 0 Å². The Balaban J connectivity index is 1.37. The number of carbonyl (C=O) groups is 1. The van der Waals surface area contributed by atoms with Crippen molar-refractivity contribution in [3.05, 3.63) is 89.2 Å². The van der Waals surface area contributed by atoms with Crippen molar-refractivity contribution in [1.82, 2.24) is 24.3 Å². The van der Waals surface area contributed by atoms with Crippen molar-refractivity contribution in [3.8, 4) is 0 Å². The van der Waals surface area contributed by atoms with E-state index in [2.05, 4.69) is 25.8 Å². The summed E-state index contributed by atoms with van der Waals surface area (Å²) >= 11 is 0. The number of carbonyl (C=O) groups excluding carboxylic acids is 1. The molecule has 2 fully saturated rings. The summed E-state index contributed by atoms with van der Waals surface area (Å²) in [4.78, 5) is 18.6. The van der Waals surface area contributed by atoms with Gasteiger partial charge in [0, 0.05) is 48.7 Å². The lowest BCUT2D eigenvalue weighted by Gasteiger charge is -2.25. The van der Waals surface area contributed by atoms with Crippen molar-refractivity contribution in [3.63, 3.8) is 0 Å². The molecular weight excluding hydrogens is 566 g/mol. The summed E-state index contributed by atoms with van der Waals surface area (Å²) in [5.41, 5.74) is 2.36. The highest BCUT2D eigenvalue weighted by molar-refractivity contribution is 7.89. The molecule has 3 heterocycles. The van der Waals surface area contributed by atoms with Gasteiger partial charge in [0.15, 0.2) is 0 Å². The molecule has 1 aliphatic heterocycles. The van der Waals surface area contributed by atoms with Crippen LogP contribution < -0.4 is 10.6 Å². The van der Waals surface area contributed by atoms with E-state index in [0.29, 0.717) is 16.9 Å². The summed E-state index contributed by atoms with van der Waals surface area (Å²) < 4.78 is 55.0. The predicted molar refractivity (Wildman–Crippen MR) is 150 cm³/mol. The van der Waals surface area contributed by atoms with Crippen LogP contribution in [0.3, 0.4) is 0 Å². The third kappa shape index (κ3) is 4.61. The molecule has 1 amide bonds. The molecule has 11 nitrogen and oxygen atoms in total. The molecule has 4 aromatic rings. The lowest BCUT2D eigenvalue weighted by atomic mass is 9.87. The average Bonchev–Trinajstić information content (AvgIpc) is 3.22. The van der Waals surface area contributed by atoms with Crippen LogP contribution in [-0.2, 0) is 27.3 Å². The number of rotatable bonds is 8. The molecule has 42 heavy (non-hydrogen) atoms. The first kappa shape index (κ1) is 27.6. The Labute approximate surface area is 240 Å². The number of nitrogens with zero attached hydrogens (tertiary/aromatic N) is 5. The van der Waals surface area contributed by atoms with Crippen molar-refractivity contribution in [2.75, 3.05) is 23.7 Å². The number of aryl methyl sites for hydroxylation is 2. The van der Waals surface area contributed by atoms with Gasteiger partial charge in [0.1, 0.15) is 17.5 Å². The maximum absolute atomic E-state index is 13.6. The largest absolute Gasteiger partial charge is 0.355 e. The highest BCUT2D eigenvalue weighted by Crippen LogP contribution is 2.65. The highest BCUT2D eigenvalue weighted by atomic mass is 32.2. The van der Waals surface area contributed by atoms with Crippen LogP contribution in [-0.4, -0.2) is 57.9 Å². The minimum absolute atomic E-state index is 0.00846. The number of hydrogen-bond acceptors (Lipinski definition) is 8. The van der Waals surface area contributed by atoms with Gasteiger partial charge in [0.2, 0.25) is 10.9 Å². The van der Waals surface area contributed by atoms with Crippen molar-refractivity contribution in [1.29, 1.82) is 5.41 Å². The maximum Gasteiger partial charge on any atom is 0.264 e. The zero-order valence-electron chi connectivity index (χ0n) is 22.5. The minimum Gasteiger partial charge on any atom is -0.355 e. The zero-order chi connectivity index (χ0) is 29.8. The van der Waals surface area contributed by atoms with Crippen LogP contribution in [0.25, 0.3) is 0 Å². The van der Waals surface area contributed by atoms with Crippen LogP contribution in [0.4, 0.5) is 26.0 Å². The topological polar surface area (TPSA) is 146 Å². The van der Waals surface area contributed by atoms with E-state index in [0.717, 1.165) is 17.3 Å². The van der Waals surface area contributed by atoms with E-state index in [4.69, 9.17) is 5.41 Å². The highest BCUT2D eigenvalue weighted by Gasteiger charge is 2.74. The average molecular weight is 593 g/mol. The molecule has 1 aliphatic carbocycles. The van der Waals surface area contributed by atoms with Crippen LogP contribution in [0.1, 0.15) is 16.7 Å². The first-order valence-electron chi connectivity index (χ1n) is 13.0. The smallest absolute Gasteiger partial charge is 0.264 e. The van der Waals surface area contributed by atoms with Gasteiger partial charge >= 0.3 is 0 Å². The van der Waals surface area contributed by atoms with Crippen molar-refractivity contribution in [2.45, 2.75) is 17.4 Å². The Morgan fingerprint density at radius 2 is 1.86 bits per heavy atom. The van der Waals surface area contributed by atoms with E-state index >= 15 is 0 Å². The van der Waals surface area contributed by atoms with Gasteiger partial charge in [-0.2, -0.15) is 14.2 Å². The Kier molecular flexibility index (Phi) is 6.61. The Hall–Kier alpha value is -4.56. The molecule has 0 radical (unpaired) electrons. The third-order valence-electron chi connectivity index (χ3n) is 7.97. The van der Waals surface area contributed by atoms with Gasteiger partial charge < -0.3 is 16.0 Å². The Bertz CT molecular complexity index is 1810. The summed E-state index contributed by atoms with van der Waals surface area (Å²) in [6, 6.07) is 12.0. The van der Waals surface area contributed by atoms with Crippen LogP contribution in [0.5, 0.6) is 0 Å². The second kappa shape index (κ2) is 10.1. The second-order valence-corrected chi connectivity index (χ2v) is 12.4. The molecule has 1 saturated heterocycles. The van der Waals surface area contributed by atoms with E-state index in [1.54, 1.807) is 18.2 Å². The molecule has 3 N–H and O–H groups in total. The van der Waals surface area contributed by atoms with E-state index in [1.165, 1.54) is 52.8 Å². The van der Waals surface area contributed by atoms with Gasteiger partial charge in [-0.3, -0.25) is 4.79 Å². The number of pyridine rings is 1. The summed E-state index contributed by atoms with van der Waals surface area (Å²) in [7, 11) is -2.47. The normalized spacial score (nSPS) is 21.5. The number of sulfonamides is 1. The fourth-order valence-electron chi connectivity index (χ4n) is 6.00. The first-order chi connectivity index (χ1) is 20.0. The quantitative estimate of drug-likeness (QED) is 0.266. The molecule has 14 heteroatoms. The number of amides is 1. The SMILES string of the molecule is Cc1cc(Nc2ccc(F)cc2)c(C=N)cc1[C@]12CN(S(=O)(=O)c3cnn(C)n3)C[C@H]1[C@@H]2C(=O)Nc1ccc(F)cn1. The molecule has 216 valence electrons. The van der Waals surface area contributed by atoms with Gasteiger partial charge in [0.25, 0.3) is 10.0 Å². The van der Waals surface area contributed by atoms with Crippen molar-refractivity contribution in [2.24, 2.45) is 18.9 Å². The molecular formula is C28H26F2N8O3S. The summed E-state index contributed by atoms with van der Waals surface area (Å²) in [6.07, 6.45) is 3.36. The molecule has 0 unspecified atom stereocenters. The van der Waals surface area contributed by atoms with E-state index in [9.17, 15) is 22.0 Å². The lowest BCUT2D eigenvalue weighted by Crippen LogP contribution is -2.37. The molecule has 0 spiro atoms. The number of fused-ring (bicyclic) bond motifs is 1. The first-order valence-corrected chi connectivity index (χ1v) is 14.4. The van der Waals surface area contributed by atoms with Crippen molar-refractivity contribution >= 4 is 39.3 Å². The Morgan fingerprint density at radius 3 is 2.50 bits per heavy atom. The molecule has 2 aliphatic rings. The lowest BCUT2D eigenvalue weighted by molar-refractivity contribution is -0.118. The fourth-order valence-corrected chi connectivity index (χ4v) is 7.41. The number of benzene rings is 2. The molecule has 1 saturated carbocycles. The summed E-state index contributed by atoms with van der Waals surface area (Å²) in [6.45, 7) is 1.94. The number of anilines is 3. The zero-order valence-corrected chi connectivity index (χ0v) is 23.4. The number of piperidine rings is 1. The number of aromatic nitrogens is 4. The summed E-state index contributed by atoms with van der Waals surface area (Å²) in [5, 5.41) is 21.7. The van der Waals surface area contributed by atoms with Gasteiger partial charge in [-0.25, -0.2) is 22.2 Å². The third-order valence-corrected chi connectivity index (χ3v) is 9.64.